The first kappa shape index (κ1) is 13.0. The fraction of sp³-hybridized carbons (Fsp3) is 0.267. The average Bonchev–Trinajstić information content (AvgIpc) is 2.90. The smallest absolute Gasteiger partial charge is 0.179 e. The minimum Gasteiger partial charge on any atom is -0.352 e. The van der Waals surface area contributed by atoms with Crippen LogP contribution in [0.5, 0.6) is 0 Å². The number of Topliss-reactive ketones (excluding diaryl/α,β-unsaturated/α-hetero) is 1. The lowest BCUT2D eigenvalue weighted by molar-refractivity contribution is -0.120. The van der Waals surface area contributed by atoms with Crippen LogP contribution in [0.2, 0.25) is 0 Å². The van der Waals surface area contributed by atoms with Crippen molar-refractivity contribution in [3.8, 4) is 0 Å². The van der Waals surface area contributed by atoms with Gasteiger partial charge in [0.25, 0.3) is 0 Å². The van der Waals surface area contributed by atoms with Gasteiger partial charge in [0.15, 0.2) is 10.9 Å². The molecule has 2 heterocycles. The van der Waals surface area contributed by atoms with Crippen LogP contribution >= 0.6 is 12.2 Å². The Morgan fingerprint density at radius 1 is 1.45 bits per heavy atom. The van der Waals surface area contributed by atoms with Gasteiger partial charge in [-0.1, -0.05) is 29.8 Å². The van der Waals surface area contributed by atoms with Gasteiger partial charge in [0.2, 0.25) is 0 Å². The Balaban J connectivity index is 1.73. The molecular formula is C15H15N3OS. The molecule has 1 aliphatic rings. The molecule has 0 spiro atoms. The molecule has 1 aromatic carbocycles. The summed E-state index contributed by atoms with van der Waals surface area (Å²) in [5.74, 6) is 0.156. The van der Waals surface area contributed by atoms with Crippen LogP contribution in [0.15, 0.2) is 36.8 Å². The molecule has 0 radical (unpaired) electrons. The summed E-state index contributed by atoms with van der Waals surface area (Å²) in [6.45, 7) is 2.04. The maximum Gasteiger partial charge on any atom is 0.179 e. The predicted molar refractivity (Wildman–Crippen MR) is 80.7 cm³/mol. The van der Waals surface area contributed by atoms with Gasteiger partial charge >= 0.3 is 0 Å². The van der Waals surface area contributed by atoms with E-state index in [2.05, 4.69) is 10.3 Å². The van der Waals surface area contributed by atoms with E-state index in [-0.39, 0.29) is 11.8 Å². The predicted octanol–water partition coefficient (Wildman–Crippen LogP) is 1.65. The van der Waals surface area contributed by atoms with E-state index in [4.69, 9.17) is 12.2 Å². The van der Waals surface area contributed by atoms with Gasteiger partial charge < -0.3 is 5.32 Å². The maximum absolute atomic E-state index is 12.4. The van der Waals surface area contributed by atoms with Crippen LogP contribution in [0.4, 0.5) is 0 Å². The minimum absolute atomic E-state index is 0.156. The number of rotatable bonds is 3. The fourth-order valence-electron chi connectivity index (χ4n) is 2.36. The third-order valence-electron chi connectivity index (χ3n) is 3.53. The van der Waals surface area contributed by atoms with Crippen molar-refractivity contribution < 1.29 is 4.79 Å². The number of ketones is 1. The number of aromatic nitrogens is 2. The maximum atomic E-state index is 12.4. The van der Waals surface area contributed by atoms with Gasteiger partial charge in [-0.05, 0) is 24.7 Å². The van der Waals surface area contributed by atoms with Gasteiger partial charge in [0, 0.05) is 24.7 Å². The molecule has 0 unspecified atom stereocenters. The summed E-state index contributed by atoms with van der Waals surface area (Å²) in [4.78, 5) is 16.4. The van der Waals surface area contributed by atoms with Crippen LogP contribution in [0, 0.1) is 6.92 Å². The Labute approximate surface area is 122 Å². The molecule has 0 bridgehead atoms. The second-order valence-electron chi connectivity index (χ2n) is 5.09. The lowest BCUT2D eigenvalue weighted by atomic mass is 9.99. The van der Waals surface area contributed by atoms with Crippen molar-refractivity contribution in [3.63, 3.8) is 0 Å². The highest BCUT2D eigenvalue weighted by atomic mass is 32.1. The quantitative estimate of drug-likeness (QED) is 0.871. The van der Waals surface area contributed by atoms with E-state index in [1.165, 1.54) is 5.56 Å². The van der Waals surface area contributed by atoms with Crippen molar-refractivity contribution in [2.24, 2.45) is 0 Å². The van der Waals surface area contributed by atoms with Gasteiger partial charge in [0.05, 0.1) is 6.04 Å². The third kappa shape index (κ3) is 2.49. The Morgan fingerprint density at radius 3 is 2.95 bits per heavy atom. The molecule has 3 rings (SSSR count). The van der Waals surface area contributed by atoms with Gasteiger partial charge in [-0.25, -0.2) is 4.98 Å². The van der Waals surface area contributed by atoms with Crippen molar-refractivity contribution in [2.75, 3.05) is 0 Å². The summed E-state index contributed by atoms with van der Waals surface area (Å²) >= 11 is 5.25. The number of nitrogens with zero attached hydrogens (tertiary/aromatic N) is 2. The third-order valence-corrected chi connectivity index (χ3v) is 3.85. The van der Waals surface area contributed by atoms with Crippen LogP contribution in [0.3, 0.4) is 0 Å². The fourth-order valence-corrected chi connectivity index (χ4v) is 2.67. The summed E-state index contributed by atoms with van der Waals surface area (Å²) in [6, 6.07) is 7.79. The molecule has 0 aliphatic carbocycles. The van der Waals surface area contributed by atoms with E-state index in [9.17, 15) is 4.79 Å². The second kappa shape index (κ2) is 5.17. The van der Waals surface area contributed by atoms with Crippen LogP contribution in [-0.4, -0.2) is 26.5 Å². The number of thiocarbonyl (C=S) groups is 1. The Kier molecular flexibility index (Phi) is 3.36. The molecule has 1 aromatic heterocycles. The number of carbonyl (C=O) groups is 1. The number of carbonyl (C=O) groups excluding carboxylic acids is 1. The minimum atomic E-state index is -0.256. The molecule has 102 valence electrons. The van der Waals surface area contributed by atoms with E-state index in [1.807, 2.05) is 35.8 Å². The highest BCUT2D eigenvalue weighted by Crippen LogP contribution is 2.13. The number of hydrogen-bond donors (Lipinski definition) is 1. The van der Waals surface area contributed by atoms with Gasteiger partial charge in [0.1, 0.15) is 6.33 Å². The molecule has 4 nitrogen and oxygen atoms in total. The molecule has 0 amide bonds. The lowest BCUT2D eigenvalue weighted by Gasteiger charge is -2.25. The van der Waals surface area contributed by atoms with E-state index in [1.54, 1.807) is 12.5 Å². The number of imidazole rings is 1. The van der Waals surface area contributed by atoms with Crippen molar-refractivity contribution in [2.45, 2.75) is 25.8 Å². The van der Waals surface area contributed by atoms with E-state index >= 15 is 0 Å². The van der Waals surface area contributed by atoms with Gasteiger partial charge in [-0.2, -0.15) is 0 Å². The van der Waals surface area contributed by atoms with Crippen molar-refractivity contribution in [1.29, 1.82) is 0 Å². The number of hydrogen-bond acceptors (Lipinski definition) is 3. The normalized spacial score (nSPS) is 17.4. The zero-order valence-corrected chi connectivity index (χ0v) is 12.0. The monoisotopic (exact) mass is 285 g/mol. The highest BCUT2D eigenvalue weighted by molar-refractivity contribution is 7.80. The van der Waals surface area contributed by atoms with Crippen LogP contribution in [-0.2, 0) is 17.6 Å². The molecule has 5 heteroatoms. The molecular weight excluding hydrogens is 270 g/mol. The van der Waals surface area contributed by atoms with Crippen LogP contribution < -0.4 is 5.32 Å². The van der Waals surface area contributed by atoms with Gasteiger partial charge in [-0.3, -0.25) is 9.36 Å². The molecule has 2 aromatic rings. The van der Waals surface area contributed by atoms with Crippen molar-refractivity contribution in [3.05, 3.63) is 53.6 Å². The number of nitrogens with one attached hydrogen (secondary N) is 1. The Morgan fingerprint density at radius 2 is 2.20 bits per heavy atom. The standard InChI is InChI=1S/C15H15N3OS/c1-10-2-4-11(5-3-10)6-14(19)13-7-12-8-16-9-18(12)15(20)17-13/h2-5,8-9,13H,6-7H2,1H3,(H,17,20)/t13-/m0/s1. The SMILES string of the molecule is Cc1ccc(CC(=O)[C@@H]2Cc3cncn3C(=S)N2)cc1. The second-order valence-corrected chi connectivity index (χ2v) is 5.48. The van der Waals surface area contributed by atoms with Crippen molar-refractivity contribution >= 4 is 23.1 Å². The first-order chi connectivity index (χ1) is 9.63. The molecule has 20 heavy (non-hydrogen) atoms. The molecule has 1 aliphatic heterocycles. The summed E-state index contributed by atoms with van der Waals surface area (Å²) in [5, 5.41) is 3.64. The van der Waals surface area contributed by atoms with E-state index in [0.29, 0.717) is 18.0 Å². The van der Waals surface area contributed by atoms with Crippen LogP contribution in [0.1, 0.15) is 16.8 Å². The van der Waals surface area contributed by atoms with Crippen molar-refractivity contribution in [1.82, 2.24) is 14.9 Å². The largest absolute Gasteiger partial charge is 0.352 e. The summed E-state index contributed by atoms with van der Waals surface area (Å²) in [7, 11) is 0. The first-order valence-corrected chi connectivity index (χ1v) is 6.94. The number of fused-ring (bicyclic) bond motifs is 1. The van der Waals surface area contributed by atoms with Crippen LogP contribution in [0.25, 0.3) is 0 Å². The topological polar surface area (TPSA) is 46.9 Å². The van der Waals surface area contributed by atoms with E-state index < -0.39 is 0 Å². The highest BCUT2D eigenvalue weighted by Gasteiger charge is 2.26. The average molecular weight is 285 g/mol. The summed E-state index contributed by atoms with van der Waals surface area (Å²) in [5.41, 5.74) is 3.21. The molecule has 0 saturated carbocycles. The zero-order chi connectivity index (χ0) is 14.1. The molecule has 1 N–H and O–H groups in total. The Bertz CT molecular complexity index is 660. The molecule has 0 saturated heterocycles. The first-order valence-electron chi connectivity index (χ1n) is 6.54. The van der Waals surface area contributed by atoms with Gasteiger partial charge in [-0.15, -0.1) is 0 Å². The Hall–Kier alpha value is -2.01. The molecule has 1 atom stereocenters. The lowest BCUT2D eigenvalue weighted by Crippen LogP contribution is -2.49. The molecule has 0 fully saturated rings. The number of benzene rings is 1. The summed E-state index contributed by atoms with van der Waals surface area (Å²) < 4.78 is 1.81. The summed E-state index contributed by atoms with van der Waals surface area (Å²) in [6.07, 6.45) is 4.49. The number of aryl methyl sites for hydroxylation is 1. The zero-order valence-electron chi connectivity index (χ0n) is 11.2. The van der Waals surface area contributed by atoms with E-state index in [0.717, 1.165) is 11.3 Å².